The minimum Gasteiger partial charge on any atom is -0.345 e. The van der Waals surface area contributed by atoms with Crippen LogP contribution in [0.15, 0.2) is 46.3 Å². The smallest absolute Gasteiger partial charge is 0.272 e. The van der Waals surface area contributed by atoms with E-state index in [1.54, 1.807) is 7.05 Å². The number of benzene rings is 1. The molecule has 0 radical (unpaired) electrons. The Kier molecular flexibility index (Phi) is 6.37. The van der Waals surface area contributed by atoms with Crippen molar-refractivity contribution < 1.29 is 21.6 Å². The van der Waals surface area contributed by atoms with Gasteiger partial charge in [-0.25, -0.2) is 21.1 Å². The number of amides is 1. The molecule has 1 aromatic carbocycles. The Morgan fingerprint density at radius 2 is 1.57 bits per heavy atom. The highest BCUT2D eigenvalue weighted by atomic mass is 32.2. The largest absolute Gasteiger partial charge is 0.345 e. The molecule has 0 bridgehead atoms. The van der Waals surface area contributed by atoms with Gasteiger partial charge in [-0.1, -0.05) is 6.42 Å². The Labute approximate surface area is 177 Å². The molecule has 3 rings (SSSR count). The molecule has 0 saturated carbocycles. The van der Waals surface area contributed by atoms with Crippen LogP contribution in [0.25, 0.3) is 0 Å². The zero-order chi connectivity index (χ0) is 22.1. The van der Waals surface area contributed by atoms with Crippen molar-refractivity contribution in [1.82, 2.24) is 13.2 Å². The van der Waals surface area contributed by atoms with Gasteiger partial charge in [0.2, 0.25) is 20.0 Å². The summed E-state index contributed by atoms with van der Waals surface area (Å²) in [4.78, 5) is 12.9. The number of hydrogen-bond acceptors (Lipinski definition) is 5. The third-order valence-electron chi connectivity index (χ3n) is 5.06. The van der Waals surface area contributed by atoms with Gasteiger partial charge >= 0.3 is 0 Å². The molecule has 30 heavy (non-hydrogen) atoms. The van der Waals surface area contributed by atoms with Gasteiger partial charge in [-0.3, -0.25) is 4.79 Å². The van der Waals surface area contributed by atoms with Crippen LogP contribution in [0, 0.1) is 0 Å². The summed E-state index contributed by atoms with van der Waals surface area (Å²) in [6, 6.07) is 7.15. The first-order valence-corrected chi connectivity index (χ1v) is 12.4. The van der Waals surface area contributed by atoms with Gasteiger partial charge in [0, 0.05) is 46.1 Å². The molecule has 0 atom stereocenters. The lowest BCUT2D eigenvalue weighted by Gasteiger charge is -2.25. The van der Waals surface area contributed by atoms with E-state index in [1.807, 2.05) is 0 Å². The van der Waals surface area contributed by atoms with Crippen molar-refractivity contribution >= 4 is 31.6 Å². The van der Waals surface area contributed by atoms with Crippen LogP contribution >= 0.6 is 0 Å². The first kappa shape index (κ1) is 22.5. The lowest BCUT2D eigenvalue weighted by atomic mass is 10.2. The van der Waals surface area contributed by atoms with Gasteiger partial charge in [0.1, 0.15) is 10.6 Å². The second-order valence-corrected chi connectivity index (χ2v) is 11.5. The molecule has 1 aliphatic rings. The number of sulfonamides is 2. The maximum absolute atomic E-state index is 12.8. The Morgan fingerprint density at radius 1 is 0.967 bits per heavy atom. The SMILES string of the molecule is CN(C)S(=O)(=O)c1ccc(NC(=O)c2cc(S(=O)(=O)N3CCCCC3)cn2C)cc1. The van der Waals surface area contributed by atoms with Crippen molar-refractivity contribution in [1.29, 1.82) is 0 Å². The van der Waals surface area contributed by atoms with Crippen LogP contribution in [0.5, 0.6) is 0 Å². The minimum absolute atomic E-state index is 0.0875. The molecule has 0 unspecified atom stereocenters. The fraction of sp³-hybridized carbons (Fsp3) is 0.421. The molecule has 0 aliphatic carbocycles. The van der Waals surface area contributed by atoms with Crippen LogP contribution in [0.3, 0.4) is 0 Å². The van der Waals surface area contributed by atoms with E-state index in [1.165, 1.54) is 59.5 Å². The first-order valence-electron chi connectivity index (χ1n) is 9.54. The average molecular weight is 455 g/mol. The zero-order valence-corrected chi connectivity index (χ0v) is 18.8. The van der Waals surface area contributed by atoms with Crippen molar-refractivity contribution in [3.05, 3.63) is 42.2 Å². The van der Waals surface area contributed by atoms with E-state index in [-0.39, 0.29) is 15.5 Å². The van der Waals surface area contributed by atoms with Gasteiger partial charge in [0.25, 0.3) is 5.91 Å². The minimum atomic E-state index is -3.64. The molecular weight excluding hydrogens is 428 g/mol. The van der Waals surface area contributed by atoms with Crippen molar-refractivity contribution in [3.8, 4) is 0 Å². The van der Waals surface area contributed by atoms with Gasteiger partial charge in [0.15, 0.2) is 0 Å². The van der Waals surface area contributed by atoms with Crippen LogP contribution in [0.2, 0.25) is 0 Å². The molecule has 11 heteroatoms. The monoisotopic (exact) mass is 454 g/mol. The molecule has 1 fully saturated rings. The summed E-state index contributed by atoms with van der Waals surface area (Å²) in [7, 11) is -2.71. The van der Waals surface area contributed by atoms with Crippen molar-refractivity contribution in [2.45, 2.75) is 29.1 Å². The summed E-state index contributed by atoms with van der Waals surface area (Å²) < 4.78 is 54.0. The average Bonchev–Trinajstić information content (AvgIpc) is 3.11. The highest BCUT2D eigenvalue weighted by molar-refractivity contribution is 7.89. The fourth-order valence-electron chi connectivity index (χ4n) is 3.27. The standard InChI is InChI=1S/C19H26N4O5S2/c1-21(2)29(25,26)16-9-7-15(8-10-16)20-19(24)18-13-17(14-22(18)3)30(27,28)23-11-5-4-6-12-23/h7-10,13-14H,4-6,11-12H2,1-3H3,(H,20,24). The highest BCUT2D eigenvalue weighted by Crippen LogP contribution is 2.23. The van der Waals surface area contributed by atoms with Gasteiger partial charge in [-0.15, -0.1) is 0 Å². The normalized spacial score (nSPS) is 16.0. The number of carbonyl (C=O) groups is 1. The Balaban J connectivity index is 1.78. The topological polar surface area (TPSA) is 109 Å². The summed E-state index contributed by atoms with van der Waals surface area (Å²) in [5.41, 5.74) is 0.593. The quantitative estimate of drug-likeness (QED) is 0.715. The predicted molar refractivity (Wildman–Crippen MR) is 113 cm³/mol. The second kappa shape index (κ2) is 8.50. The van der Waals surface area contributed by atoms with Gasteiger partial charge in [-0.2, -0.15) is 4.31 Å². The third-order valence-corrected chi connectivity index (χ3v) is 8.75. The number of anilines is 1. The van der Waals surface area contributed by atoms with E-state index in [0.29, 0.717) is 18.8 Å². The summed E-state index contributed by atoms with van der Waals surface area (Å²) >= 11 is 0. The summed E-state index contributed by atoms with van der Waals surface area (Å²) in [5, 5.41) is 2.67. The van der Waals surface area contributed by atoms with Gasteiger partial charge in [-0.05, 0) is 43.2 Å². The fourth-order valence-corrected chi connectivity index (χ4v) is 5.76. The number of carbonyl (C=O) groups excluding carboxylic acids is 1. The number of nitrogens with zero attached hydrogens (tertiary/aromatic N) is 3. The van der Waals surface area contributed by atoms with E-state index in [0.717, 1.165) is 23.6 Å². The number of aromatic nitrogens is 1. The molecule has 1 saturated heterocycles. The number of piperidine rings is 1. The Morgan fingerprint density at radius 3 is 2.13 bits per heavy atom. The lowest BCUT2D eigenvalue weighted by molar-refractivity contribution is 0.101. The van der Waals surface area contributed by atoms with E-state index in [9.17, 15) is 21.6 Å². The maximum Gasteiger partial charge on any atom is 0.272 e. The van der Waals surface area contributed by atoms with E-state index < -0.39 is 26.0 Å². The first-order chi connectivity index (χ1) is 14.0. The Bertz CT molecular complexity index is 1130. The molecule has 2 aromatic rings. The van der Waals surface area contributed by atoms with Crippen LogP contribution in [-0.2, 0) is 27.1 Å². The zero-order valence-electron chi connectivity index (χ0n) is 17.2. The molecule has 1 aromatic heterocycles. The summed E-state index contributed by atoms with van der Waals surface area (Å²) in [5.74, 6) is -0.485. The molecular formula is C19H26N4O5S2. The highest BCUT2D eigenvalue weighted by Gasteiger charge is 2.28. The van der Waals surface area contributed by atoms with Gasteiger partial charge < -0.3 is 9.88 Å². The Hall–Kier alpha value is -2.21. The van der Waals surface area contributed by atoms with Crippen LogP contribution in [0.4, 0.5) is 5.69 Å². The molecule has 1 N–H and O–H groups in total. The number of nitrogens with one attached hydrogen (secondary N) is 1. The van der Waals surface area contributed by atoms with Crippen LogP contribution < -0.4 is 5.32 Å². The van der Waals surface area contributed by atoms with Crippen LogP contribution in [-0.4, -0.2) is 63.1 Å². The van der Waals surface area contributed by atoms with Crippen molar-refractivity contribution in [2.75, 3.05) is 32.5 Å². The number of hydrogen-bond donors (Lipinski definition) is 1. The molecule has 2 heterocycles. The van der Waals surface area contributed by atoms with Crippen LogP contribution in [0.1, 0.15) is 29.8 Å². The molecule has 0 spiro atoms. The second-order valence-electron chi connectivity index (χ2n) is 7.40. The summed E-state index contributed by atoms with van der Waals surface area (Å²) in [6.45, 7) is 0.974. The number of aryl methyl sites for hydroxylation is 1. The van der Waals surface area contributed by atoms with Crippen molar-refractivity contribution in [2.24, 2.45) is 7.05 Å². The summed E-state index contributed by atoms with van der Waals surface area (Å²) in [6.07, 6.45) is 4.12. The van der Waals surface area contributed by atoms with E-state index in [2.05, 4.69) is 5.32 Å². The predicted octanol–water partition coefficient (Wildman–Crippen LogP) is 1.70. The lowest BCUT2D eigenvalue weighted by Crippen LogP contribution is -2.35. The maximum atomic E-state index is 12.8. The molecule has 1 aliphatic heterocycles. The molecule has 164 valence electrons. The third kappa shape index (κ3) is 4.43. The van der Waals surface area contributed by atoms with Gasteiger partial charge in [0.05, 0.1) is 4.90 Å². The van der Waals surface area contributed by atoms with Crippen molar-refractivity contribution in [3.63, 3.8) is 0 Å². The molecule has 9 nitrogen and oxygen atoms in total. The van der Waals surface area contributed by atoms with E-state index in [4.69, 9.17) is 0 Å². The molecule has 1 amide bonds. The number of rotatable bonds is 6. The van der Waals surface area contributed by atoms with E-state index >= 15 is 0 Å².